The number of primary amides is 1. The van der Waals surface area contributed by atoms with Crippen molar-refractivity contribution in [2.24, 2.45) is 11.5 Å². The molecule has 0 aliphatic rings. The zero-order valence-corrected chi connectivity index (χ0v) is 13.1. The van der Waals surface area contributed by atoms with Crippen molar-refractivity contribution in [3.05, 3.63) is 29.2 Å². The quantitative estimate of drug-likeness (QED) is 0.729. The molecule has 120 valence electrons. The maximum Gasteiger partial charge on any atom is 0.254 e. The third-order valence-electron chi connectivity index (χ3n) is 3.74. The van der Waals surface area contributed by atoms with E-state index in [0.717, 1.165) is 31.4 Å². The molecule has 1 atom stereocenters. The van der Waals surface area contributed by atoms with Crippen LogP contribution in [0, 0.1) is 6.92 Å². The van der Waals surface area contributed by atoms with Gasteiger partial charge >= 0.3 is 0 Å². The Hall–Kier alpha value is -2.08. The molecular weight excluding hydrogens is 282 g/mol. The van der Waals surface area contributed by atoms with Gasteiger partial charge in [-0.1, -0.05) is 18.5 Å². The van der Waals surface area contributed by atoms with Crippen LogP contribution in [0.5, 0.6) is 0 Å². The molecule has 22 heavy (non-hydrogen) atoms. The molecule has 0 bridgehead atoms. The highest BCUT2D eigenvalue weighted by Crippen LogP contribution is 2.27. The van der Waals surface area contributed by atoms with Crippen LogP contribution in [0.15, 0.2) is 21.1 Å². The van der Waals surface area contributed by atoms with Gasteiger partial charge in [0.05, 0.1) is 0 Å². The van der Waals surface area contributed by atoms with Gasteiger partial charge < -0.3 is 20.4 Å². The van der Waals surface area contributed by atoms with E-state index in [9.17, 15) is 4.79 Å². The Balaban J connectivity index is 2.09. The zero-order chi connectivity index (χ0) is 16.1. The number of carbonyl (C=O) groups is 1. The van der Waals surface area contributed by atoms with Crippen molar-refractivity contribution in [2.45, 2.75) is 52.0 Å². The molecular formula is C16H23N3O3. The molecule has 0 spiro atoms. The van der Waals surface area contributed by atoms with Crippen LogP contribution >= 0.6 is 0 Å². The summed E-state index contributed by atoms with van der Waals surface area (Å²) in [6.45, 7) is 3.90. The molecule has 0 aromatic carbocycles. The number of furan rings is 1. The summed E-state index contributed by atoms with van der Waals surface area (Å²) in [7, 11) is 0. The van der Waals surface area contributed by atoms with Crippen LogP contribution in [0.2, 0.25) is 0 Å². The lowest BCUT2D eigenvalue weighted by Gasteiger charge is -2.07. The van der Waals surface area contributed by atoms with Crippen molar-refractivity contribution in [1.82, 2.24) is 5.16 Å². The fraction of sp³-hybridized carbons (Fsp3) is 0.500. The first kappa shape index (κ1) is 16.3. The number of carbonyl (C=O) groups excluding carboxylic acids is 1. The molecule has 0 aliphatic heterocycles. The monoisotopic (exact) mass is 305 g/mol. The highest BCUT2D eigenvalue weighted by atomic mass is 16.5. The number of rotatable bonds is 8. The Kier molecular flexibility index (Phi) is 5.38. The van der Waals surface area contributed by atoms with Crippen molar-refractivity contribution < 1.29 is 13.7 Å². The normalized spacial score (nSPS) is 12.5. The van der Waals surface area contributed by atoms with Gasteiger partial charge in [0.2, 0.25) is 0 Å². The lowest BCUT2D eigenvalue weighted by atomic mass is 10.0. The fourth-order valence-corrected chi connectivity index (χ4v) is 2.38. The van der Waals surface area contributed by atoms with E-state index in [1.165, 1.54) is 0 Å². The van der Waals surface area contributed by atoms with Crippen molar-refractivity contribution in [3.8, 4) is 11.5 Å². The molecule has 0 radical (unpaired) electrons. The molecule has 1 amide bonds. The second-order valence-corrected chi connectivity index (χ2v) is 5.52. The Morgan fingerprint density at radius 3 is 2.73 bits per heavy atom. The third kappa shape index (κ3) is 3.76. The lowest BCUT2D eigenvalue weighted by Crippen LogP contribution is -2.18. The molecule has 0 saturated heterocycles. The molecule has 2 aromatic rings. The maximum absolute atomic E-state index is 11.7. The summed E-state index contributed by atoms with van der Waals surface area (Å²) >= 11 is 0. The Morgan fingerprint density at radius 2 is 2.14 bits per heavy atom. The number of amides is 1. The topological polar surface area (TPSA) is 108 Å². The Labute approximate surface area is 129 Å². The van der Waals surface area contributed by atoms with Crippen molar-refractivity contribution in [2.75, 3.05) is 0 Å². The summed E-state index contributed by atoms with van der Waals surface area (Å²) in [6, 6.07) is 3.79. The van der Waals surface area contributed by atoms with E-state index in [0.29, 0.717) is 29.2 Å². The van der Waals surface area contributed by atoms with E-state index in [2.05, 4.69) is 12.1 Å². The highest BCUT2D eigenvalue weighted by Gasteiger charge is 2.23. The number of aryl methyl sites for hydroxylation is 2. The van der Waals surface area contributed by atoms with Crippen molar-refractivity contribution >= 4 is 5.91 Å². The van der Waals surface area contributed by atoms with Crippen LogP contribution in [0.3, 0.4) is 0 Å². The lowest BCUT2D eigenvalue weighted by molar-refractivity contribution is 0.0998. The van der Waals surface area contributed by atoms with Crippen LogP contribution in [-0.4, -0.2) is 17.1 Å². The minimum atomic E-state index is -0.550. The molecule has 2 heterocycles. The average Bonchev–Trinajstić information content (AvgIpc) is 3.09. The van der Waals surface area contributed by atoms with Gasteiger partial charge in [-0.25, -0.2) is 0 Å². The van der Waals surface area contributed by atoms with Gasteiger partial charge in [0, 0.05) is 12.5 Å². The molecule has 4 N–H and O–H groups in total. The summed E-state index contributed by atoms with van der Waals surface area (Å²) in [5.41, 5.74) is 12.1. The summed E-state index contributed by atoms with van der Waals surface area (Å²) in [5.74, 6) is 1.20. The minimum absolute atomic E-state index is 0.229. The average molecular weight is 305 g/mol. The summed E-state index contributed by atoms with van der Waals surface area (Å²) in [4.78, 5) is 11.7. The summed E-state index contributed by atoms with van der Waals surface area (Å²) in [6.07, 6.45) is 4.39. The van der Waals surface area contributed by atoms with Gasteiger partial charge in [0.25, 0.3) is 5.91 Å². The second kappa shape index (κ2) is 7.26. The number of unbranched alkanes of at least 4 members (excludes halogenated alkanes) is 1. The number of aromatic nitrogens is 1. The first-order valence-corrected chi connectivity index (χ1v) is 7.63. The highest BCUT2D eigenvalue weighted by molar-refractivity contribution is 5.99. The van der Waals surface area contributed by atoms with Gasteiger partial charge in [-0.05, 0) is 38.3 Å². The molecule has 0 aliphatic carbocycles. The van der Waals surface area contributed by atoms with Crippen LogP contribution in [0.25, 0.3) is 11.5 Å². The van der Waals surface area contributed by atoms with Crippen molar-refractivity contribution in [3.63, 3.8) is 0 Å². The third-order valence-corrected chi connectivity index (χ3v) is 3.74. The first-order chi connectivity index (χ1) is 10.5. The Morgan fingerprint density at radius 1 is 1.36 bits per heavy atom. The Bertz CT molecular complexity index is 630. The SMILES string of the molecule is CCC(N)CCCCc1onc(-c2ccc(C)o2)c1C(N)=O. The van der Waals surface area contributed by atoms with E-state index in [-0.39, 0.29) is 6.04 Å². The van der Waals surface area contributed by atoms with Gasteiger partial charge in [0.1, 0.15) is 17.1 Å². The van der Waals surface area contributed by atoms with Gasteiger partial charge in [0.15, 0.2) is 11.5 Å². The molecule has 6 heteroatoms. The zero-order valence-electron chi connectivity index (χ0n) is 13.1. The molecule has 0 saturated carbocycles. The predicted octanol–water partition coefficient (Wildman–Crippen LogP) is 2.79. The van der Waals surface area contributed by atoms with E-state index in [1.54, 1.807) is 12.1 Å². The number of hydrogen-bond donors (Lipinski definition) is 2. The molecule has 6 nitrogen and oxygen atoms in total. The number of nitrogens with two attached hydrogens (primary N) is 2. The largest absolute Gasteiger partial charge is 0.460 e. The summed E-state index contributed by atoms with van der Waals surface area (Å²) < 4.78 is 10.8. The molecule has 2 aromatic heterocycles. The maximum atomic E-state index is 11.7. The molecule has 1 unspecified atom stereocenters. The standard InChI is InChI=1S/C16H23N3O3/c1-3-11(17)6-4-5-7-12-14(16(18)20)15(19-22-12)13-9-8-10(2)21-13/h8-9,11H,3-7,17H2,1-2H3,(H2,18,20). The van der Waals surface area contributed by atoms with E-state index < -0.39 is 5.91 Å². The number of nitrogens with zero attached hydrogens (tertiary/aromatic N) is 1. The minimum Gasteiger partial charge on any atom is -0.460 e. The second-order valence-electron chi connectivity index (χ2n) is 5.52. The smallest absolute Gasteiger partial charge is 0.254 e. The molecule has 0 fully saturated rings. The number of hydrogen-bond acceptors (Lipinski definition) is 5. The van der Waals surface area contributed by atoms with Crippen LogP contribution < -0.4 is 11.5 Å². The molecule has 2 rings (SSSR count). The van der Waals surface area contributed by atoms with Gasteiger partial charge in [-0.3, -0.25) is 4.79 Å². The van der Waals surface area contributed by atoms with Gasteiger partial charge in [-0.2, -0.15) is 0 Å². The van der Waals surface area contributed by atoms with Gasteiger partial charge in [-0.15, -0.1) is 0 Å². The predicted molar refractivity (Wildman–Crippen MR) is 83.3 cm³/mol. The fourth-order valence-electron chi connectivity index (χ4n) is 2.38. The van der Waals surface area contributed by atoms with Crippen LogP contribution in [-0.2, 0) is 6.42 Å². The summed E-state index contributed by atoms with van der Waals surface area (Å²) in [5, 5.41) is 3.96. The van der Waals surface area contributed by atoms with E-state index >= 15 is 0 Å². The van der Waals surface area contributed by atoms with Crippen LogP contribution in [0.1, 0.15) is 54.5 Å². The van der Waals surface area contributed by atoms with Crippen molar-refractivity contribution in [1.29, 1.82) is 0 Å². The van der Waals surface area contributed by atoms with E-state index in [1.807, 2.05) is 6.92 Å². The van der Waals surface area contributed by atoms with E-state index in [4.69, 9.17) is 20.4 Å². The first-order valence-electron chi connectivity index (χ1n) is 7.63. The van der Waals surface area contributed by atoms with Crippen LogP contribution in [0.4, 0.5) is 0 Å².